The molecule has 2 bridgehead atoms. The highest BCUT2D eigenvalue weighted by Gasteiger charge is 2.42. The number of rotatable bonds is 42. The molecule has 6 atom stereocenters. The molecular weight excluding hydrogens is 817 g/mol. The standard InChI is InChI=1S/C42H74N4O14S/c47-39(4-2-1-3-38-40-37(33-61-38)45-42(49)46-40)43-7-9-50-11-13-52-15-17-54-19-21-56-23-25-58-27-29-60-30-28-59-26-24-57-22-20-55-18-16-53-14-12-51-10-8-44-41(48)36-32-34-5-6-35(36)31-34/h5-6,34-38,40H,1-4,7-33H2,(H,43,47)(H,44,48)(H2,45,46,49)/t34?,35?,36?,37-,38-,40-/m0/s1. The van der Waals surface area contributed by atoms with Crippen LogP contribution in [0.4, 0.5) is 4.79 Å². The highest BCUT2D eigenvalue weighted by atomic mass is 32.2. The molecule has 4 aliphatic rings. The van der Waals surface area contributed by atoms with Gasteiger partial charge in [-0.25, -0.2) is 4.79 Å². The Morgan fingerprint density at radius 3 is 1.43 bits per heavy atom. The lowest BCUT2D eigenvalue weighted by molar-refractivity contribution is -0.126. The van der Waals surface area contributed by atoms with Crippen molar-refractivity contribution in [2.75, 3.05) is 164 Å². The van der Waals surface area contributed by atoms with Gasteiger partial charge in [0.15, 0.2) is 0 Å². The number of hydrogen-bond acceptors (Lipinski definition) is 15. The fourth-order valence-corrected chi connectivity index (χ4v) is 8.93. The van der Waals surface area contributed by atoms with Crippen LogP contribution in [0, 0.1) is 17.8 Å². The van der Waals surface area contributed by atoms with Gasteiger partial charge in [0.1, 0.15) is 0 Å². The zero-order valence-corrected chi connectivity index (χ0v) is 37.0. The van der Waals surface area contributed by atoms with Crippen molar-refractivity contribution < 1.29 is 66.5 Å². The van der Waals surface area contributed by atoms with Crippen LogP contribution in [0.25, 0.3) is 0 Å². The zero-order valence-electron chi connectivity index (χ0n) is 36.2. The number of ether oxygens (including phenoxy) is 11. The fraction of sp³-hybridized carbons (Fsp3) is 0.881. The fourth-order valence-electron chi connectivity index (χ4n) is 7.39. The maximum absolute atomic E-state index is 12.3. The van der Waals surface area contributed by atoms with Gasteiger partial charge in [-0.05, 0) is 37.5 Å². The molecule has 4 rings (SSSR count). The van der Waals surface area contributed by atoms with E-state index in [1.165, 1.54) is 0 Å². The Bertz CT molecular complexity index is 1190. The molecule has 19 heteroatoms. The number of hydrogen-bond donors (Lipinski definition) is 4. The summed E-state index contributed by atoms with van der Waals surface area (Å²) in [5, 5.41) is 12.3. The Kier molecular flexibility index (Phi) is 28.9. The summed E-state index contributed by atoms with van der Waals surface area (Å²) in [5.74, 6) is 2.31. The van der Waals surface area contributed by atoms with Crippen molar-refractivity contribution in [3.63, 3.8) is 0 Å². The minimum absolute atomic E-state index is 0.0414. The van der Waals surface area contributed by atoms with E-state index in [9.17, 15) is 14.4 Å². The molecule has 4 amide bonds. The lowest BCUT2D eigenvalue weighted by atomic mass is 9.93. The first-order valence-electron chi connectivity index (χ1n) is 22.4. The maximum Gasteiger partial charge on any atom is 0.315 e. The van der Waals surface area contributed by atoms with Crippen molar-refractivity contribution in [3.8, 4) is 0 Å². The molecule has 2 aliphatic carbocycles. The van der Waals surface area contributed by atoms with Gasteiger partial charge in [0.05, 0.1) is 157 Å². The van der Waals surface area contributed by atoms with E-state index in [0.29, 0.717) is 182 Å². The van der Waals surface area contributed by atoms with Crippen LogP contribution in [0.5, 0.6) is 0 Å². The molecule has 4 N–H and O–H groups in total. The van der Waals surface area contributed by atoms with E-state index in [-0.39, 0.29) is 35.8 Å². The van der Waals surface area contributed by atoms with E-state index < -0.39 is 0 Å². The molecule has 18 nitrogen and oxygen atoms in total. The third-order valence-corrected chi connectivity index (χ3v) is 12.0. The van der Waals surface area contributed by atoms with Crippen molar-refractivity contribution in [1.82, 2.24) is 21.3 Å². The number of amides is 4. The third-order valence-electron chi connectivity index (χ3n) is 10.5. The van der Waals surface area contributed by atoms with Crippen LogP contribution in [0.3, 0.4) is 0 Å². The Morgan fingerprint density at radius 1 is 0.557 bits per heavy atom. The Labute approximate surface area is 366 Å². The lowest BCUT2D eigenvalue weighted by Gasteiger charge is -2.17. The second kappa shape index (κ2) is 34.3. The van der Waals surface area contributed by atoms with Gasteiger partial charge in [-0.3, -0.25) is 9.59 Å². The molecule has 1 saturated carbocycles. The highest BCUT2D eigenvalue weighted by Crippen LogP contribution is 2.43. The molecule has 3 fully saturated rings. The maximum atomic E-state index is 12.3. The number of carbonyl (C=O) groups is 3. The number of carbonyl (C=O) groups excluding carboxylic acids is 3. The average molecular weight is 891 g/mol. The lowest BCUT2D eigenvalue weighted by Crippen LogP contribution is -2.36. The Hall–Kier alpha value is -2.14. The molecule has 2 aliphatic heterocycles. The molecule has 2 saturated heterocycles. The van der Waals surface area contributed by atoms with Gasteiger partial charge in [0.25, 0.3) is 0 Å². The molecule has 2 heterocycles. The van der Waals surface area contributed by atoms with Gasteiger partial charge in [-0.1, -0.05) is 18.6 Å². The number of fused-ring (bicyclic) bond motifs is 3. The van der Waals surface area contributed by atoms with Gasteiger partial charge < -0.3 is 73.4 Å². The summed E-state index contributed by atoms with van der Waals surface area (Å²) >= 11 is 1.90. The molecule has 0 radical (unpaired) electrons. The molecule has 352 valence electrons. The Balaban J connectivity index is 0.729. The zero-order chi connectivity index (χ0) is 42.8. The molecule has 0 aromatic rings. The topological polar surface area (TPSA) is 201 Å². The number of nitrogens with one attached hydrogen (secondary N) is 4. The van der Waals surface area contributed by atoms with Gasteiger partial charge in [-0.15, -0.1) is 0 Å². The van der Waals surface area contributed by atoms with Crippen LogP contribution in [0.15, 0.2) is 12.2 Å². The van der Waals surface area contributed by atoms with E-state index in [4.69, 9.17) is 52.1 Å². The van der Waals surface area contributed by atoms with E-state index in [1.807, 2.05) is 11.8 Å². The minimum Gasteiger partial charge on any atom is -0.377 e. The van der Waals surface area contributed by atoms with Crippen LogP contribution in [0.1, 0.15) is 38.5 Å². The van der Waals surface area contributed by atoms with Crippen molar-refractivity contribution >= 4 is 29.6 Å². The van der Waals surface area contributed by atoms with Crippen LogP contribution in [-0.2, 0) is 61.7 Å². The molecule has 61 heavy (non-hydrogen) atoms. The van der Waals surface area contributed by atoms with Gasteiger partial charge in [-0.2, -0.15) is 11.8 Å². The van der Waals surface area contributed by atoms with E-state index in [0.717, 1.165) is 37.9 Å². The minimum atomic E-state index is -0.0619. The number of allylic oxidation sites excluding steroid dienone is 2. The molecule has 3 unspecified atom stereocenters. The predicted molar refractivity (Wildman–Crippen MR) is 228 cm³/mol. The SMILES string of the molecule is O=C(CCCC[C@@H]1SC[C@@H]2NC(=O)N[C@@H]21)NCCOCCOCCOCCOCCOCCOCCOCCOCCOCCOCCOCCNC(=O)C1CC2C=CC1C2. The van der Waals surface area contributed by atoms with Crippen molar-refractivity contribution in [2.45, 2.75) is 55.9 Å². The summed E-state index contributed by atoms with van der Waals surface area (Å²) < 4.78 is 60.6. The summed E-state index contributed by atoms with van der Waals surface area (Å²) in [4.78, 5) is 35.8. The third kappa shape index (κ3) is 23.9. The average Bonchev–Trinajstić information content (AvgIpc) is 4.07. The molecule has 0 spiro atoms. The first-order chi connectivity index (χ1) is 30.1. The van der Waals surface area contributed by atoms with Gasteiger partial charge in [0, 0.05) is 36.4 Å². The summed E-state index contributed by atoms with van der Waals surface area (Å²) in [5.41, 5.74) is 0. The number of urea groups is 1. The number of unbranched alkanes of at least 4 members (excludes halogenated alkanes) is 1. The second-order valence-electron chi connectivity index (χ2n) is 15.1. The van der Waals surface area contributed by atoms with Crippen molar-refractivity contribution in [3.05, 3.63) is 12.2 Å². The molecule has 0 aromatic heterocycles. The van der Waals surface area contributed by atoms with Crippen LogP contribution in [-0.4, -0.2) is 199 Å². The van der Waals surface area contributed by atoms with E-state index in [1.54, 1.807) is 0 Å². The summed E-state index contributed by atoms with van der Waals surface area (Å²) in [7, 11) is 0. The number of thioether (sulfide) groups is 1. The second-order valence-corrected chi connectivity index (χ2v) is 16.4. The summed E-state index contributed by atoms with van der Waals surface area (Å²) in [6.07, 6.45) is 9.88. The van der Waals surface area contributed by atoms with Crippen molar-refractivity contribution in [2.24, 2.45) is 17.8 Å². The molecular formula is C42H74N4O14S. The summed E-state index contributed by atoms with van der Waals surface area (Å²) in [6.45, 7) is 11.6. The van der Waals surface area contributed by atoms with Crippen LogP contribution >= 0.6 is 11.8 Å². The van der Waals surface area contributed by atoms with Crippen molar-refractivity contribution in [1.29, 1.82) is 0 Å². The quantitative estimate of drug-likeness (QED) is 0.0389. The largest absolute Gasteiger partial charge is 0.377 e. The monoisotopic (exact) mass is 890 g/mol. The highest BCUT2D eigenvalue weighted by molar-refractivity contribution is 8.00. The molecule has 0 aromatic carbocycles. The van der Waals surface area contributed by atoms with Gasteiger partial charge in [0.2, 0.25) is 11.8 Å². The first kappa shape index (κ1) is 51.5. The van der Waals surface area contributed by atoms with E-state index >= 15 is 0 Å². The van der Waals surface area contributed by atoms with E-state index in [2.05, 4.69) is 33.4 Å². The van der Waals surface area contributed by atoms with Crippen LogP contribution < -0.4 is 21.3 Å². The van der Waals surface area contributed by atoms with Crippen LogP contribution in [0.2, 0.25) is 0 Å². The van der Waals surface area contributed by atoms with Gasteiger partial charge >= 0.3 is 6.03 Å². The smallest absolute Gasteiger partial charge is 0.315 e. The Morgan fingerprint density at radius 2 is 1.00 bits per heavy atom. The normalized spacial score (nSPS) is 22.5. The summed E-state index contributed by atoms with van der Waals surface area (Å²) in [6, 6.07) is 0.401. The first-order valence-corrected chi connectivity index (χ1v) is 23.4. The predicted octanol–water partition coefficient (Wildman–Crippen LogP) is 1.34.